The first-order chi connectivity index (χ1) is 14.2. The molecule has 0 amide bonds. The lowest BCUT2D eigenvalue weighted by molar-refractivity contribution is -0.385. The lowest BCUT2D eigenvalue weighted by Crippen LogP contribution is -2.16. The maximum Gasteiger partial charge on any atom is 0.463 e. The maximum atomic E-state index is 14.0. The fourth-order valence-corrected chi connectivity index (χ4v) is 4.64. The summed E-state index contributed by atoms with van der Waals surface area (Å²) in [5.41, 5.74) is 1.98. The van der Waals surface area contributed by atoms with Gasteiger partial charge < -0.3 is 13.8 Å². The Kier molecular flexibility index (Phi) is 6.13. The third kappa shape index (κ3) is 4.47. The first-order valence-corrected chi connectivity index (χ1v) is 10.7. The van der Waals surface area contributed by atoms with Crippen molar-refractivity contribution in [3.63, 3.8) is 0 Å². The summed E-state index contributed by atoms with van der Waals surface area (Å²) in [4.78, 5) is 10.9. The minimum atomic E-state index is -4.04. The predicted octanol–water partition coefficient (Wildman–Crippen LogP) is 5.51. The smallest absolute Gasteiger partial charge is 0.463 e. The van der Waals surface area contributed by atoms with Crippen molar-refractivity contribution in [3.05, 3.63) is 87.5 Å². The second-order valence-corrected chi connectivity index (χ2v) is 8.70. The zero-order chi connectivity index (χ0) is 21.9. The highest BCUT2D eigenvalue weighted by Gasteiger charge is 2.35. The van der Waals surface area contributed by atoms with Gasteiger partial charge in [0, 0.05) is 6.07 Å². The van der Waals surface area contributed by atoms with Crippen molar-refractivity contribution >= 4 is 18.6 Å². The van der Waals surface area contributed by atoms with E-state index in [-0.39, 0.29) is 16.7 Å². The highest BCUT2D eigenvalue weighted by atomic mass is 31.2. The average molecular weight is 427 g/mol. The predicted molar refractivity (Wildman–Crippen MR) is 115 cm³/mol. The molecule has 0 unspecified atom stereocenters. The van der Waals surface area contributed by atoms with Crippen molar-refractivity contribution in [3.8, 4) is 17.2 Å². The molecule has 0 aliphatic carbocycles. The van der Waals surface area contributed by atoms with Crippen LogP contribution in [0.4, 0.5) is 5.69 Å². The van der Waals surface area contributed by atoms with E-state index in [0.717, 1.165) is 11.1 Å². The van der Waals surface area contributed by atoms with E-state index in [0.29, 0.717) is 17.1 Å². The Morgan fingerprint density at radius 1 is 0.900 bits per heavy atom. The van der Waals surface area contributed by atoms with Crippen LogP contribution in [0.2, 0.25) is 0 Å². The van der Waals surface area contributed by atoms with Gasteiger partial charge in [0.05, 0.1) is 17.3 Å². The average Bonchev–Trinajstić information content (AvgIpc) is 2.71. The van der Waals surface area contributed by atoms with E-state index < -0.39 is 12.5 Å². The molecular weight excluding hydrogens is 405 g/mol. The van der Waals surface area contributed by atoms with Gasteiger partial charge in [-0.25, -0.2) is 4.57 Å². The summed E-state index contributed by atoms with van der Waals surface area (Å²) in [5.74, 6) is 0.848. The molecule has 0 radical (unpaired) electrons. The third-order valence-electron chi connectivity index (χ3n) is 4.54. The van der Waals surface area contributed by atoms with Gasteiger partial charge in [-0.2, -0.15) is 0 Å². The van der Waals surface area contributed by atoms with Crippen LogP contribution >= 0.6 is 7.60 Å². The minimum Gasteiger partial charge on any atom is -0.497 e. The van der Waals surface area contributed by atoms with Crippen molar-refractivity contribution in [1.82, 2.24) is 0 Å². The summed E-state index contributed by atoms with van der Waals surface area (Å²) in [6.07, 6.45) is 0. The fourth-order valence-electron chi connectivity index (χ4n) is 2.94. The van der Waals surface area contributed by atoms with Crippen LogP contribution in [0.15, 0.2) is 60.7 Å². The highest BCUT2D eigenvalue weighted by molar-refractivity contribution is 7.63. The van der Waals surface area contributed by atoms with Crippen LogP contribution in [0.25, 0.3) is 0 Å². The molecule has 0 bridgehead atoms. The molecule has 3 aromatic carbocycles. The molecule has 3 aromatic rings. The molecule has 0 heterocycles. The number of ether oxygens (including phenoxy) is 1. The zero-order valence-electron chi connectivity index (χ0n) is 17.1. The van der Waals surface area contributed by atoms with E-state index in [4.69, 9.17) is 13.8 Å². The normalized spacial score (nSPS) is 12.7. The summed E-state index contributed by atoms with van der Waals surface area (Å²) in [6, 6.07) is 16.3. The molecule has 8 heteroatoms. The van der Waals surface area contributed by atoms with E-state index in [9.17, 15) is 14.7 Å². The molecule has 156 valence electrons. The van der Waals surface area contributed by atoms with Crippen molar-refractivity contribution in [2.24, 2.45) is 0 Å². The largest absolute Gasteiger partial charge is 0.497 e. The molecule has 0 aliphatic heterocycles. The standard InChI is InChI=1S/C22H22NO6P/c1-15-8-13-21(17(3)14-15)28-30(26,19-11-9-18(27-4)10-12-19)29-22-16(2)6-5-7-20(22)23(24)25/h5-14H,1-4H3/t30-/m1/s1. The van der Waals surface area contributed by atoms with E-state index in [1.807, 2.05) is 26.0 Å². The monoisotopic (exact) mass is 427 g/mol. The van der Waals surface area contributed by atoms with E-state index in [1.54, 1.807) is 49.4 Å². The molecule has 7 nitrogen and oxygen atoms in total. The number of nitro benzene ring substituents is 1. The number of nitro groups is 1. The topological polar surface area (TPSA) is 87.9 Å². The van der Waals surface area contributed by atoms with E-state index in [2.05, 4.69) is 0 Å². The number of aryl methyl sites for hydroxylation is 3. The molecule has 0 spiro atoms. The number of benzene rings is 3. The maximum absolute atomic E-state index is 14.0. The number of hydrogen-bond acceptors (Lipinski definition) is 6. The van der Waals surface area contributed by atoms with Crippen LogP contribution in [0, 0.1) is 30.9 Å². The zero-order valence-corrected chi connectivity index (χ0v) is 18.0. The second kappa shape index (κ2) is 8.59. The summed E-state index contributed by atoms with van der Waals surface area (Å²) >= 11 is 0. The summed E-state index contributed by atoms with van der Waals surface area (Å²) in [6.45, 7) is 5.42. The van der Waals surface area contributed by atoms with Crippen molar-refractivity contribution < 1.29 is 23.3 Å². The van der Waals surface area contributed by atoms with Crippen LogP contribution in [0.3, 0.4) is 0 Å². The Morgan fingerprint density at radius 3 is 2.20 bits per heavy atom. The molecule has 30 heavy (non-hydrogen) atoms. The van der Waals surface area contributed by atoms with E-state index >= 15 is 0 Å². The Balaban J connectivity index is 2.12. The Bertz CT molecular complexity index is 1130. The van der Waals surface area contributed by atoms with Crippen molar-refractivity contribution in [2.45, 2.75) is 20.8 Å². The van der Waals surface area contributed by atoms with Gasteiger partial charge in [-0.05, 0) is 62.2 Å². The fraction of sp³-hybridized carbons (Fsp3) is 0.182. The minimum absolute atomic E-state index is 0.0913. The van der Waals surface area contributed by atoms with Gasteiger partial charge in [0.25, 0.3) is 0 Å². The SMILES string of the molecule is COc1ccc([P@@](=O)(Oc2ccc(C)cc2C)Oc2c(C)cccc2[N+](=O)[O-])cc1. The highest BCUT2D eigenvalue weighted by Crippen LogP contribution is 2.51. The van der Waals surface area contributed by atoms with Crippen LogP contribution in [0.1, 0.15) is 16.7 Å². The molecule has 0 aliphatic rings. The van der Waals surface area contributed by atoms with Crippen LogP contribution in [-0.2, 0) is 4.57 Å². The third-order valence-corrected chi connectivity index (χ3v) is 6.33. The summed E-state index contributed by atoms with van der Waals surface area (Å²) < 4.78 is 30.9. The van der Waals surface area contributed by atoms with Gasteiger partial charge in [-0.15, -0.1) is 0 Å². The molecule has 1 atom stereocenters. The lowest BCUT2D eigenvalue weighted by atomic mass is 10.1. The van der Waals surface area contributed by atoms with E-state index in [1.165, 1.54) is 13.2 Å². The van der Waals surface area contributed by atoms with Crippen LogP contribution < -0.4 is 19.1 Å². The van der Waals surface area contributed by atoms with Crippen LogP contribution in [0.5, 0.6) is 17.2 Å². The number of hydrogen-bond donors (Lipinski definition) is 0. The van der Waals surface area contributed by atoms with Gasteiger partial charge in [0.2, 0.25) is 5.75 Å². The lowest BCUT2D eigenvalue weighted by Gasteiger charge is -2.22. The molecule has 0 saturated carbocycles. The second-order valence-electron chi connectivity index (χ2n) is 6.83. The number of rotatable bonds is 7. The summed E-state index contributed by atoms with van der Waals surface area (Å²) in [5, 5.41) is 11.8. The molecular formula is C22H22NO6P. The summed E-state index contributed by atoms with van der Waals surface area (Å²) in [7, 11) is -2.52. The Labute approximate surface area is 174 Å². The van der Waals surface area contributed by atoms with Gasteiger partial charge in [-0.1, -0.05) is 29.8 Å². The Hall–Kier alpha value is -3.31. The Morgan fingerprint density at radius 2 is 1.60 bits per heavy atom. The van der Waals surface area contributed by atoms with Gasteiger partial charge in [-0.3, -0.25) is 10.1 Å². The number of nitrogens with zero attached hydrogens (tertiary/aromatic N) is 1. The quantitative estimate of drug-likeness (QED) is 0.281. The first kappa shape index (κ1) is 21.4. The van der Waals surface area contributed by atoms with Gasteiger partial charge >= 0.3 is 13.3 Å². The number of para-hydroxylation sites is 1. The van der Waals surface area contributed by atoms with Crippen molar-refractivity contribution in [1.29, 1.82) is 0 Å². The van der Waals surface area contributed by atoms with Gasteiger partial charge in [0.15, 0.2) is 0 Å². The molecule has 0 aromatic heterocycles. The van der Waals surface area contributed by atoms with Gasteiger partial charge in [0.1, 0.15) is 11.5 Å². The number of methoxy groups -OCH3 is 1. The molecule has 3 rings (SSSR count). The first-order valence-electron chi connectivity index (χ1n) is 9.18. The van der Waals surface area contributed by atoms with Crippen molar-refractivity contribution in [2.75, 3.05) is 7.11 Å². The molecule has 0 fully saturated rings. The van der Waals surface area contributed by atoms with Crippen LogP contribution in [-0.4, -0.2) is 12.0 Å². The molecule has 0 saturated heterocycles. The molecule has 0 N–H and O–H groups in total.